The second-order valence-electron chi connectivity index (χ2n) is 3.68. The van der Waals surface area contributed by atoms with Gasteiger partial charge in [-0.05, 0) is 19.1 Å². The van der Waals surface area contributed by atoms with Crippen molar-refractivity contribution in [2.24, 2.45) is 0 Å². The van der Waals surface area contributed by atoms with Crippen LogP contribution in [-0.4, -0.2) is 27.5 Å². The van der Waals surface area contributed by atoms with Crippen molar-refractivity contribution in [3.8, 4) is 6.07 Å². The molecule has 20 heavy (non-hydrogen) atoms. The number of hydrogen-bond donors (Lipinski definition) is 1. The van der Waals surface area contributed by atoms with Gasteiger partial charge in [-0.1, -0.05) is 6.07 Å². The number of nitrogens with zero attached hydrogens (tertiary/aromatic N) is 1. The number of esters is 1. The average molecular weight is 300 g/mol. The number of hydrogen-bond acceptors (Lipinski definition) is 5. The molecule has 0 heterocycles. The molecule has 0 amide bonds. The molecular weight excluding hydrogens is 287 g/mol. The molecule has 0 unspecified atom stereocenters. The summed E-state index contributed by atoms with van der Waals surface area (Å²) >= 11 is 0. The lowest BCUT2D eigenvalue weighted by Gasteiger charge is -2.08. The summed E-state index contributed by atoms with van der Waals surface area (Å²) in [6.07, 6.45) is -0.149. The van der Waals surface area contributed by atoms with E-state index in [1.165, 1.54) is 12.1 Å². The van der Waals surface area contributed by atoms with Gasteiger partial charge < -0.3 is 4.74 Å². The van der Waals surface area contributed by atoms with Gasteiger partial charge >= 0.3 is 5.97 Å². The summed E-state index contributed by atoms with van der Waals surface area (Å²) < 4.78 is 43.9. The SMILES string of the molecule is CCOC(=O)CCNS(=O)(=O)c1cccc(F)c1C#N. The Bertz CT molecular complexity index is 637. The molecule has 8 heteroatoms. The van der Waals surface area contributed by atoms with Gasteiger partial charge in [0.15, 0.2) is 0 Å². The van der Waals surface area contributed by atoms with Crippen molar-refractivity contribution >= 4 is 16.0 Å². The van der Waals surface area contributed by atoms with Gasteiger partial charge in [-0.15, -0.1) is 0 Å². The first kappa shape index (κ1) is 16.1. The van der Waals surface area contributed by atoms with Crippen LogP contribution in [0, 0.1) is 17.1 Å². The predicted octanol–water partition coefficient (Wildman–Crippen LogP) is 0.929. The fourth-order valence-electron chi connectivity index (χ4n) is 1.44. The highest BCUT2D eigenvalue weighted by Crippen LogP contribution is 2.17. The maximum atomic E-state index is 13.3. The number of halogens is 1. The molecule has 6 nitrogen and oxygen atoms in total. The monoisotopic (exact) mass is 300 g/mol. The molecule has 1 N–H and O–H groups in total. The molecule has 0 aliphatic heterocycles. The number of nitriles is 1. The van der Waals surface area contributed by atoms with Crippen LogP contribution in [0.4, 0.5) is 4.39 Å². The van der Waals surface area contributed by atoms with E-state index in [2.05, 4.69) is 9.46 Å². The fraction of sp³-hybridized carbons (Fsp3) is 0.333. The van der Waals surface area contributed by atoms with Crippen LogP contribution in [0.15, 0.2) is 23.1 Å². The van der Waals surface area contributed by atoms with Crippen LogP contribution >= 0.6 is 0 Å². The highest BCUT2D eigenvalue weighted by atomic mass is 32.2. The summed E-state index contributed by atoms with van der Waals surface area (Å²) in [6, 6.07) is 4.81. The van der Waals surface area contributed by atoms with Gasteiger partial charge in [-0.25, -0.2) is 17.5 Å². The summed E-state index contributed by atoms with van der Waals surface area (Å²) in [5, 5.41) is 8.79. The number of carbonyl (C=O) groups is 1. The van der Waals surface area contributed by atoms with Crippen LogP contribution < -0.4 is 4.72 Å². The topological polar surface area (TPSA) is 96.3 Å². The van der Waals surface area contributed by atoms with Crippen LogP contribution in [0.2, 0.25) is 0 Å². The van der Waals surface area contributed by atoms with E-state index in [4.69, 9.17) is 5.26 Å². The lowest BCUT2D eigenvalue weighted by Crippen LogP contribution is -2.27. The maximum absolute atomic E-state index is 13.3. The maximum Gasteiger partial charge on any atom is 0.307 e. The zero-order valence-electron chi connectivity index (χ0n) is 10.7. The van der Waals surface area contributed by atoms with E-state index >= 15 is 0 Å². The molecule has 0 spiro atoms. The van der Waals surface area contributed by atoms with Crippen LogP contribution in [0.1, 0.15) is 18.9 Å². The first-order valence-electron chi connectivity index (χ1n) is 5.76. The number of nitrogens with one attached hydrogen (secondary N) is 1. The second-order valence-corrected chi connectivity index (χ2v) is 5.41. The second kappa shape index (κ2) is 6.98. The standard InChI is InChI=1S/C12H13FN2O4S/c1-2-19-12(16)6-7-15-20(17,18)11-5-3-4-10(13)9(11)8-14/h3-5,15H,2,6-7H2,1H3. The van der Waals surface area contributed by atoms with Crippen molar-refractivity contribution in [3.05, 3.63) is 29.6 Å². The third-order valence-corrected chi connectivity index (χ3v) is 3.81. The summed E-state index contributed by atoms with van der Waals surface area (Å²) in [5.41, 5.74) is -0.559. The number of carbonyl (C=O) groups excluding carboxylic acids is 1. The Labute approximate surface area is 116 Å². The van der Waals surface area contributed by atoms with Crippen LogP contribution in [0.3, 0.4) is 0 Å². The van der Waals surface area contributed by atoms with Crippen molar-refractivity contribution in [1.29, 1.82) is 5.26 Å². The van der Waals surface area contributed by atoms with Gasteiger partial charge in [-0.2, -0.15) is 5.26 Å². The molecule has 0 atom stereocenters. The first-order valence-corrected chi connectivity index (χ1v) is 7.24. The lowest BCUT2D eigenvalue weighted by molar-refractivity contribution is -0.142. The largest absolute Gasteiger partial charge is 0.466 e. The number of ether oxygens (including phenoxy) is 1. The molecule has 0 aliphatic carbocycles. The summed E-state index contributed by atoms with van der Waals surface area (Å²) in [4.78, 5) is 10.6. The van der Waals surface area contributed by atoms with Gasteiger partial charge in [0, 0.05) is 6.54 Å². The van der Waals surface area contributed by atoms with Gasteiger partial charge in [-0.3, -0.25) is 4.79 Å². The third-order valence-electron chi connectivity index (χ3n) is 2.30. The predicted molar refractivity (Wildman–Crippen MR) is 67.6 cm³/mol. The summed E-state index contributed by atoms with van der Waals surface area (Å²) in [5.74, 6) is -1.46. The number of benzene rings is 1. The van der Waals surface area contributed by atoms with E-state index in [0.717, 1.165) is 12.1 Å². The number of rotatable bonds is 6. The third kappa shape index (κ3) is 4.01. The number of sulfonamides is 1. The van der Waals surface area contributed by atoms with Gasteiger partial charge in [0.05, 0.1) is 13.0 Å². The van der Waals surface area contributed by atoms with Crippen molar-refractivity contribution in [2.75, 3.05) is 13.2 Å². The Morgan fingerprint density at radius 3 is 2.80 bits per heavy atom. The first-order chi connectivity index (χ1) is 9.42. The normalized spacial score (nSPS) is 10.8. The summed E-state index contributed by atoms with van der Waals surface area (Å²) in [6.45, 7) is 1.64. The lowest BCUT2D eigenvalue weighted by atomic mass is 10.2. The minimum atomic E-state index is -4.06. The molecule has 0 fully saturated rings. The van der Waals surface area contributed by atoms with E-state index in [0.29, 0.717) is 0 Å². The molecule has 0 aromatic heterocycles. The van der Waals surface area contributed by atoms with Crippen LogP contribution in [0.25, 0.3) is 0 Å². The van der Waals surface area contributed by atoms with E-state index in [9.17, 15) is 17.6 Å². The molecule has 0 radical (unpaired) electrons. The van der Waals surface area contributed by atoms with E-state index in [1.807, 2.05) is 0 Å². The van der Waals surface area contributed by atoms with Gasteiger partial charge in [0.2, 0.25) is 10.0 Å². The molecule has 1 aromatic carbocycles. The van der Waals surface area contributed by atoms with Crippen LogP contribution in [-0.2, 0) is 19.6 Å². The quantitative estimate of drug-likeness (QED) is 0.788. The van der Waals surface area contributed by atoms with Gasteiger partial charge in [0.25, 0.3) is 0 Å². The fourth-order valence-corrected chi connectivity index (χ4v) is 2.63. The molecule has 0 aliphatic rings. The van der Waals surface area contributed by atoms with Crippen molar-refractivity contribution in [2.45, 2.75) is 18.2 Å². The highest BCUT2D eigenvalue weighted by molar-refractivity contribution is 7.89. The Kier molecular flexibility index (Phi) is 5.61. The smallest absolute Gasteiger partial charge is 0.307 e. The molecule has 1 rings (SSSR count). The van der Waals surface area contributed by atoms with Crippen molar-refractivity contribution < 1.29 is 22.3 Å². The van der Waals surface area contributed by atoms with E-state index < -0.39 is 32.3 Å². The van der Waals surface area contributed by atoms with Gasteiger partial charge in [0.1, 0.15) is 22.3 Å². The highest BCUT2D eigenvalue weighted by Gasteiger charge is 2.21. The molecule has 1 aromatic rings. The zero-order valence-corrected chi connectivity index (χ0v) is 11.5. The van der Waals surface area contributed by atoms with Crippen molar-refractivity contribution in [1.82, 2.24) is 4.72 Å². The van der Waals surface area contributed by atoms with E-state index in [-0.39, 0.29) is 19.6 Å². The molecule has 0 saturated heterocycles. The molecular formula is C12H13FN2O4S. The molecule has 0 saturated carbocycles. The zero-order chi connectivity index (χ0) is 15.2. The Hall–Kier alpha value is -1.98. The Morgan fingerprint density at radius 2 is 2.20 bits per heavy atom. The minimum Gasteiger partial charge on any atom is -0.466 e. The van der Waals surface area contributed by atoms with Crippen molar-refractivity contribution in [3.63, 3.8) is 0 Å². The summed E-state index contributed by atoms with van der Waals surface area (Å²) in [7, 11) is -4.06. The van der Waals surface area contributed by atoms with E-state index in [1.54, 1.807) is 6.92 Å². The molecule has 108 valence electrons. The Balaban J connectivity index is 2.83. The van der Waals surface area contributed by atoms with Crippen LogP contribution in [0.5, 0.6) is 0 Å². The molecule has 0 bridgehead atoms. The Morgan fingerprint density at radius 1 is 1.50 bits per heavy atom. The minimum absolute atomic E-state index is 0.149. The average Bonchev–Trinajstić information content (AvgIpc) is 2.38.